The van der Waals surface area contributed by atoms with Gasteiger partial charge in [0.1, 0.15) is 36.3 Å². The van der Waals surface area contributed by atoms with Crippen LogP contribution in [0.5, 0.6) is 0 Å². The Labute approximate surface area is 355 Å². The molecule has 1 fully saturated rings. The van der Waals surface area contributed by atoms with Gasteiger partial charge in [-0.05, 0) is 11.6 Å². The number of nitrogens with one attached hydrogen (secondary N) is 2. The van der Waals surface area contributed by atoms with Crippen molar-refractivity contribution in [3.8, 4) is 0 Å². The average Bonchev–Trinajstić information content (AvgIpc) is 3.74. The molecule has 1 saturated heterocycles. The number of aliphatic hydroxyl groups excluding tert-OH is 2. The van der Waals surface area contributed by atoms with E-state index in [-0.39, 0.29) is 47.8 Å². The Bertz CT molecular complexity index is 2260. The van der Waals surface area contributed by atoms with Crippen LogP contribution in [0.3, 0.4) is 0 Å². The van der Waals surface area contributed by atoms with E-state index in [0.29, 0.717) is 5.56 Å². The van der Waals surface area contributed by atoms with Crippen molar-refractivity contribution >= 4 is 81.2 Å². The largest absolute Gasteiger partial charge is 0.481 e. The monoisotopic (exact) mass is 955 g/mol. The zero-order valence-electron chi connectivity index (χ0n) is 32.6. The summed E-state index contributed by atoms with van der Waals surface area (Å²) >= 11 is 0.808. The molecule has 62 heavy (non-hydrogen) atoms. The predicted octanol–water partition coefficient (Wildman–Crippen LogP) is 0.223. The summed E-state index contributed by atoms with van der Waals surface area (Å²) in [5, 5.41) is 35.1. The first-order valence-corrected chi connectivity index (χ1v) is 23.4. The van der Waals surface area contributed by atoms with E-state index in [0.717, 1.165) is 29.0 Å². The number of anilines is 1. The highest BCUT2D eigenvalue weighted by molar-refractivity contribution is 8.14. The van der Waals surface area contributed by atoms with Gasteiger partial charge in [-0.3, -0.25) is 37.3 Å². The van der Waals surface area contributed by atoms with Gasteiger partial charge in [0.15, 0.2) is 17.7 Å². The van der Waals surface area contributed by atoms with E-state index in [1.165, 1.54) is 19.9 Å². The first-order valence-electron chi connectivity index (χ1n) is 17.9. The van der Waals surface area contributed by atoms with E-state index in [1.807, 2.05) is 0 Å². The fraction of sp³-hybridized carbons (Fsp3) is 0.469. The van der Waals surface area contributed by atoms with E-state index in [1.54, 1.807) is 30.3 Å². The highest BCUT2D eigenvalue weighted by Crippen LogP contribution is 2.61. The number of benzene rings is 1. The third kappa shape index (κ3) is 15.1. The van der Waals surface area contributed by atoms with Crippen molar-refractivity contribution in [1.29, 1.82) is 0 Å². The van der Waals surface area contributed by atoms with Crippen molar-refractivity contribution < 1.29 is 90.4 Å². The number of aromatic nitrogens is 4. The van der Waals surface area contributed by atoms with E-state index < -0.39 is 102 Å². The fourth-order valence-corrected chi connectivity index (χ4v) is 9.00. The van der Waals surface area contributed by atoms with Crippen molar-refractivity contribution in [1.82, 2.24) is 30.2 Å². The number of thioether (sulfide) groups is 1. The maximum atomic E-state index is 12.7. The van der Waals surface area contributed by atoms with Crippen molar-refractivity contribution in [2.45, 2.75) is 57.3 Å². The molecule has 2 aromatic heterocycles. The molecule has 11 N–H and O–H groups in total. The number of phosphoric acid groups is 3. The molecule has 7 atom stereocenters. The molecule has 0 aliphatic carbocycles. The average molecular weight is 956 g/mol. The lowest BCUT2D eigenvalue weighted by Crippen LogP contribution is -2.46. The topological polar surface area (TPSA) is 401 Å². The summed E-state index contributed by atoms with van der Waals surface area (Å²) in [6.07, 6.45) is -6.19. The number of ether oxygens (including phenoxy) is 1. The van der Waals surface area contributed by atoms with Crippen LogP contribution in [0.4, 0.5) is 5.82 Å². The van der Waals surface area contributed by atoms with Crippen LogP contribution in [0.2, 0.25) is 0 Å². The molecule has 1 aliphatic rings. The number of aliphatic hydroxyl groups is 2. The van der Waals surface area contributed by atoms with Gasteiger partial charge in [0.2, 0.25) is 16.9 Å². The Balaban J connectivity index is 1.21. The summed E-state index contributed by atoms with van der Waals surface area (Å²) in [7, 11) is -16.5. The number of nitrogens with zero attached hydrogens (tertiary/aromatic N) is 4. The van der Waals surface area contributed by atoms with Gasteiger partial charge in [0.25, 0.3) is 0 Å². The third-order valence-electron chi connectivity index (χ3n) is 8.48. The van der Waals surface area contributed by atoms with Crippen LogP contribution in [0.25, 0.3) is 17.2 Å². The molecule has 2 amide bonds. The SMILES string of the molecule is CC(C)(COP(=O)(O)OP(=O)(O)OC[C@H]1O[C@@H](n2cnc3c(N)ncnc32)[C@H](O)[C@@H]1OP(=O)(O)O)[C@@H](O)C(=O)NCCC(=O)NCCSC(=O)/C(=C/c1ccccc1)CC(=O)O. The summed E-state index contributed by atoms with van der Waals surface area (Å²) in [5.74, 6) is -2.70. The molecule has 0 bridgehead atoms. The van der Waals surface area contributed by atoms with Crippen molar-refractivity contribution in [3.63, 3.8) is 0 Å². The van der Waals surface area contributed by atoms with E-state index in [4.69, 9.17) is 19.5 Å². The number of imidazole rings is 1. The third-order valence-corrected chi connectivity index (χ3v) is 12.5. The summed E-state index contributed by atoms with van der Waals surface area (Å²) in [4.78, 5) is 99.8. The summed E-state index contributed by atoms with van der Waals surface area (Å²) in [5.41, 5.74) is 4.89. The minimum absolute atomic E-state index is 0.0169. The number of carbonyl (C=O) groups is 4. The molecule has 342 valence electrons. The maximum absolute atomic E-state index is 12.7. The minimum Gasteiger partial charge on any atom is -0.481 e. The highest BCUT2D eigenvalue weighted by Gasteiger charge is 2.50. The number of rotatable bonds is 23. The number of nitrogen functional groups attached to an aromatic ring is 1. The van der Waals surface area contributed by atoms with Crippen LogP contribution in [0, 0.1) is 5.41 Å². The van der Waals surface area contributed by atoms with Crippen LogP contribution >= 0.6 is 35.2 Å². The van der Waals surface area contributed by atoms with Gasteiger partial charge in [-0.1, -0.05) is 55.9 Å². The summed E-state index contributed by atoms with van der Waals surface area (Å²) < 4.78 is 62.2. The van der Waals surface area contributed by atoms with Crippen molar-refractivity contribution in [2.24, 2.45) is 5.41 Å². The van der Waals surface area contributed by atoms with Gasteiger partial charge in [-0.15, -0.1) is 0 Å². The van der Waals surface area contributed by atoms with Crippen LogP contribution in [0.15, 0.2) is 48.6 Å². The van der Waals surface area contributed by atoms with Crippen LogP contribution in [-0.4, -0.2) is 134 Å². The second-order valence-electron chi connectivity index (χ2n) is 13.9. The molecule has 30 heteroatoms. The first kappa shape index (κ1) is 50.6. The van der Waals surface area contributed by atoms with Crippen LogP contribution < -0.4 is 16.4 Å². The number of carboxylic acids is 1. The quantitative estimate of drug-likeness (QED) is 0.0345. The predicted molar refractivity (Wildman–Crippen MR) is 214 cm³/mol. The molecular formula is C32H44N7O19P3S. The lowest BCUT2D eigenvalue weighted by Gasteiger charge is -2.30. The van der Waals surface area contributed by atoms with Gasteiger partial charge >= 0.3 is 29.4 Å². The zero-order chi connectivity index (χ0) is 46.0. The normalized spacial score (nSPS) is 20.9. The van der Waals surface area contributed by atoms with Crippen LogP contribution in [0.1, 0.15) is 38.5 Å². The van der Waals surface area contributed by atoms with E-state index in [9.17, 15) is 67.8 Å². The lowest BCUT2D eigenvalue weighted by atomic mass is 9.87. The number of hydrogen-bond donors (Lipinski definition) is 10. The maximum Gasteiger partial charge on any atom is 0.481 e. The molecule has 0 spiro atoms. The Hall–Kier alpha value is -4.01. The van der Waals surface area contributed by atoms with Gasteiger partial charge in [-0.2, -0.15) is 4.31 Å². The zero-order valence-corrected chi connectivity index (χ0v) is 36.1. The molecule has 0 saturated carbocycles. The number of aliphatic carboxylic acids is 1. The Morgan fingerprint density at radius 2 is 1.69 bits per heavy atom. The Kier molecular flexibility index (Phi) is 17.6. The van der Waals surface area contributed by atoms with E-state index >= 15 is 0 Å². The highest BCUT2D eigenvalue weighted by atomic mass is 32.2. The molecule has 2 unspecified atom stereocenters. The second kappa shape index (κ2) is 21.6. The van der Waals surface area contributed by atoms with Gasteiger partial charge < -0.3 is 56.0 Å². The molecule has 1 aliphatic heterocycles. The summed E-state index contributed by atoms with van der Waals surface area (Å²) in [6, 6.07) is 8.65. The smallest absolute Gasteiger partial charge is 0.481 e. The number of amides is 2. The van der Waals surface area contributed by atoms with Gasteiger partial charge in [-0.25, -0.2) is 28.6 Å². The number of nitrogens with two attached hydrogens (primary N) is 1. The minimum atomic E-state index is -5.60. The number of carbonyl (C=O) groups excluding carboxylic acids is 3. The van der Waals surface area contributed by atoms with Crippen molar-refractivity contribution in [2.75, 3.05) is 37.8 Å². The molecule has 26 nitrogen and oxygen atoms in total. The Morgan fingerprint density at radius 3 is 2.35 bits per heavy atom. The molecule has 1 aromatic carbocycles. The van der Waals surface area contributed by atoms with E-state index in [2.05, 4.69) is 34.4 Å². The van der Waals surface area contributed by atoms with Gasteiger partial charge in [0, 0.05) is 36.3 Å². The van der Waals surface area contributed by atoms with Crippen LogP contribution in [-0.2, 0) is 55.5 Å². The standard InChI is InChI=1S/C32H44N7O19P3S/c1-32(2,26(44)29(45)35-9-8-21(40)34-10-11-62-31(46)19(13-22(41)42)12-18-6-4-3-5-7-18)15-55-61(52,53)58-60(50,51)54-14-20-25(57-59(47,48)49)24(43)30(56-20)39-17-38-23-27(33)36-16-37-28(23)39/h3-7,12,16-17,20,24-26,30,43-44H,8-11,13-15H2,1-2H3,(H,34,40)(H,35,45)(H,41,42)(H,50,51)(H,52,53)(H2,33,36,37)(H2,47,48,49)/b19-12+/t20-,24-,25-,26+,30-/m1/s1. The van der Waals surface area contributed by atoms with Gasteiger partial charge in [0.05, 0.1) is 26.0 Å². The molecule has 0 radical (unpaired) electrons. The Morgan fingerprint density at radius 1 is 1.02 bits per heavy atom. The number of phosphoric ester groups is 3. The van der Waals surface area contributed by atoms with Crippen molar-refractivity contribution in [3.05, 3.63) is 54.1 Å². The lowest BCUT2D eigenvalue weighted by molar-refractivity contribution is -0.137. The number of hydrogen-bond acceptors (Lipinski definition) is 19. The molecular weight excluding hydrogens is 911 g/mol. The fourth-order valence-electron chi connectivity index (χ4n) is 5.46. The summed E-state index contributed by atoms with van der Waals surface area (Å²) in [6.45, 7) is 0.115. The second-order valence-corrected chi connectivity index (χ2v) is 19.2. The number of carboxylic acid groups (broad SMARTS) is 1. The first-order chi connectivity index (χ1) is 28.9. The molecule has 4 rings (SSSR count). The number of fused-ring (bicyclic) bond motifs is 1. The molecule has 3 aromatic rings. The molecule has 3 heterocycles.